The van der Waals surface area contributed by atoms with Crippen LogP contribution in [0.5, 0.6) is 0 Å². The summed E-state index contributed by atoms with van der Waals surface area (Å²) in [4.78, 5) is 40.0. The molecule has 0 bridgehead atoms. The van der Waals surface area contributed by atoms with Gasteiger partial charge in [0.05, 0.1) is 5.56 Å². The lowest BCUT2D eigenvalue weighted by Gasteiger charge is -2.32. The second-order valence-electron chi connectivity index (χ2n) is 8.13. The molecule has 2 heterocycles. The van der Waals surface area contributed by atoms with Crippen molar-refractivity contribution in [3.8, 4) is 0 Å². The summed E-state index contributed by atoms with van der Waals surface area (Å²) in [6.45, 7) is 1.69. The van der Waals surface area contributed by atoms with Crippen molar-refractivity contribution < 1.29 is 18.8 Å². The van der Waals surface area contributed by atoms with Gasteiger partial charge in [-0.3, -0.25) is 14.4 Å². The number of likely N-dealkylation sites (tertiary alicyclic amines) is 1. The third-order valence-electron chi connectivity index (χ3n) is 5.94. The number of piperidine rings is 1. The van der Waals surface area contributed by atoms with Crippen molar-refractivity contribution in [2.75, 3.05) is 24.5 Å². The second-order valence-corrected chi connectivity index (χ2v) is 8.13. The third-order valence-corrected chi connectivity index (χ3v) is 5.94. The lowest BCUT2D eigenvalue weighted by molar-refractivity contribution is -0.118. The smallest absolute Gasteiger partial charge is 0.256 e. The molecule has 2 saturated heterocycles. The van der Waals surface area contributed by atoms with Crippen molar-refractivity contribution in [2.45, 2.75) is 31.7 Å². The van der Waals surface area contributed by atoms with E-state index in [2.05, 4.69) is 5.32 Å². The van der Waals surface area contributed by atoms with Gasteiger partial charge in [0.25, 0.3) is 5.91 Å². The van der Waals surface area contributed by atoms with Crippen molar-refractivity contribution >= 4 is 29.5 Å². The Hall–Kier alpha value is -3.48. The van der Waals surface area contributed by atoms with Crippen LogP contribution in [0.25, 0.3) is 6.08 Å². The number of nitrogens with one attached hydrogen (secondary N) is 1. The standard InChI is InChI=1S/C25H26FN3O3/c26-22-5-2-1-4-21(22)25(32)28-16-13-19(14-17-28)27-23(30)12-9-18-7-10-20(11-8-18)29-15-3-6-24(29)31/h1-2,4-5,7-12,19H,3,6,13-17H2,(H,27,30). The van der Waals surface area contributed by atoms with Crippen LogP contribution in [0.4, 0.5) is 10.1 Å². The highest BCUT2D eigenvalue weighted by Gasteiger charge is 2.25. The fourth-order valence-corrected chi connectivity index (χ4v) is 4.14. The van der Waals surface area contributed by atoms with E-state index >= 15 is 0 Å². The zero-order valence-electron chi connectivity index (χ0n) is 17.8. The maximum Gasteiger partial charge on any atom is 0.256 e. The Balaban J connectivity index is 1.25. The van der Waals surface area contributed by atoms with Crippen LogP contribution >= 0.6 is 0 Å². The predicted molar refractivity (Wildman–Crippen MR) is 121 cm³/mol. The molecule has 2 aliphatic heterocycles. The first-order chi connectivity index (χ1) is 15.5. The number of halogens is 1. The number of rotatable bonds is 5. The van der Waals surface area contributed by atoms with Crippen molar-refractivity contribution in [2.24, 2.45) is 0 Å². The fourth-order valence-electron chi connectivity index (χ4n) is 4.14. The quantitative estimate of drug-likeness (QED) is 0.732. The van der Waals surface area contributed by atoms with Gasteiger partial charge in [0.1, 0.15) is 5.82 Å². The molecule has 2 aliphatic rings. The number of benzene rings is 2. The molecule has 32 heavy (non-hydrogen) atoms. The highest BCUT2D eigenvalue weighted by atomic mass is 19.1. The molecule has 0 unspecified atom stereocenters. The first kappa shape index (κ1) is 21.7. The van der Waals surface area contributed by atoms with Crippen LogP contribution in [-0.4, -0.2) is 48.3 Å². The molecule has 0 radical (unpaired) electrons. The molecule has 0 atom stereocenters. The number of carbonyl (C=O) groups excluding carboxylic acids is 3. The Kier molecular flexibility index (Phi) is 6.63. The molecular formula is C25H26FN3O3. The van der Waals surface area contributed by atoms with Crippen LogP contribution in [0.3, 0.4) is 0 Å². The summed E-state index contributed by atoms with van der Waals surface area (Å²) < 4.78 is 13.9. The van der Waals surface area contributed by atoms with Crippen molar-refractivity contribution in [1.82, 2.24) is 10.2 Å². The molecule has 3 amide bonds. The van der Waals surface area contributed by atoms with Crippen LogP contribution < -0.4 is 10.2 Å². The van der Waals surface area contributed by atoms with Gasteiger partial charge in [0, 0.05) is 43.9 Å². The second kappa shape index (κ2) is 9.77. The maximum atomic E-state index is 13.9. The van der Waals surface area contributed by atoms with Gasteiger partial charge in [0.15, 0.2) is 0 Å². The van der Waals surface area contributed by atoms with E-state index in [0.717, 1.165) is 24.2 Å². The van der Waals surface area contributed by atoms with Crippen LogP contribution in [0, 0.1) is 5.82 Å². The number of nitrogens with zero attached hydrogens (tertiary/aromatic N) is 2. The summed E-state index contributed by atoms with van der Waals surface area (Å²) >= 11 is 0. The number of hydrogen-bond donors (Lipinski definition) is 1. The molecule has 2 aromatic carbocycles. The van der Waals surface area contributed by atoms with Gasteiger partial charge in [-0.25, -0.2) is 4.39 Å². The van der Waals surface area contributed by atoms with E-state index in [9.17, 15) is 18.8 Å². The third kappa shape index (κ3) is 5.04. The summed E-state index contributed by atoms with van der Waals surface area (Å²) in [7, 11) is 0. The fraction of sp³-hybridized carbons (Fsp3) is 0.320. The largest absolute Gasteiger partial charge is 0.350 e. The van der Waals surface area contributed by atoms with Gasteiger partial charge < -0.3 is 15.1 Å². The van der Waals surface area contributed by atoms with Crippen molar-refractivity contribution in [3.05, 3.63) is 71.6 Å². The number of anilines is 1. The molecule has 2 aromatic rings. The van der Waals surface area contributed by atoms with E-state index in [1.54, 1.807) is 28.0 Å². The minimum atomic E-state index is -0.516. The molecule has 0 spiro atoms. The molecule has 0 aromatic heterocycles. The minimum Gasteiger partial charge on any atom is -0.350 e. The van der Waals surface area contributed by atoms with Crippen LogP contribution in [-0.2, 0) is 9.59 Å². The molecule has 0 saturated carbocycles. The van der Waals surface area contributed by atoms with Crippen LogP contribution in [0.2, 0.25) is 0 Å². The summed E-state index contributed by atoms with van der Waals surface area (Å²) in [5, 5.41) is 2.97. The normalized spacial score (nSPS) is 17.2. The number of amides is 3. The van der Waals surface area contributed by atoms with Crippen LogP contribution in [0.1, 0.15) is 41.6 Å². The zero-order valence-corrected chi connectivity index (χ0v) is 17.8. The highest BCUT2D eigenvalue weighted by molar-refractivity contribution is 5.96. The number of carbonyl (C=O) groups is 3. The maximum absolute atomic E-state index is 13.9. The molecule has 166 valence electrons. The van der Waals surface area contributed by atoms with E-state index < -0.39 is 5.82 Å². The highest BCUT2D eigenvalue weighted by Crippen LogP contribution is 2.22. The Bertz CT molecular complexity index is 1030. The van der Waals surface area contributed by atoms with E-state index in [-0.39, 0.29) is 29.3 Å². The lowest BCUT2D eigenvalue weighted by Crippen LogP contribution is -2.46. The number of hydrogen-bond acceptors (Lipinski definition) is 3. The van der Waals surface area contributed by atoms with E-state index in [1.165, 1.54) is 18.2 Å². The van der Waals surface area contributed by atoms with E-state index in [4.69, 9.17) is 0 Å². The van der Waals surface area contributed by atoms with Crippen molar-refractivity contribution in [1.29, 1.82) is 0 Å². The summed E-state index contributed by atoms with van der Waals surface area (Å²) in [6.07, 6.45) is 5.96. The Morgan fingerprint density at radius 2 is 1.72 bits per heavy atom. The van der Waals surface area contributed by atoms with Gasteiger partial charge in [-0.2, -0.15) is 0 Å². The molecule has 1 N–H and O–H groups in total. The SMILES string of the molecule is O=C(C=Cc1ccc(N2CCCC2=O)cc1)NC1CCN(C(=O)c2ccccc2F)CC1. The van der Waals surface area contributed by atoms with Gasteiger partial charge in [-0.05, 0) is 55.2 Å². The van der Waals surface area contributed by atoms with Gasteiger partial charge in [0.2, 0.25) is 11.8 Å². The topological polar surface area (TPSA) is 69.7 Å². The first-order valence-electron chi connectivity index (χ1n) is 10.9. The Labute approximate surface area is 186 Å². The predicted octanol–water partition coefficient (Wildman–Crippen LogP) is 3.39. The van der Waals surface area contributed by atoms with Gasteiger partial charge in [-0.15, -0.1) is 0 Å². The molecule has 0 aliphatic carbocycles. The molecule has 6 nitrogen and oxygen atoms in total. The summed E-state index contributed by atoms with van der Waals surface area (Å²) in [5.74, 6) is -0.873. The van der Waals surface area contributed by atoms with Crippen LogP contribution in [0.15, 0.2) is 54.6 Å². The molecule has 7 heteroatoms. The molecule has 2 fully saturated rings. The first-order valence-corrected chi connectivity index (χ1v) is 10.9. The van der Waals surface area contributed by atoms with Gasteiger partial charge in [-0.1, -0.05) is 24.3 Å². The zero-order chi connectivity index (χ0) is 22.5. The Morgan fingerprint density at radius 3 is 2.38 bits per heavy atom. The Morgan fingerprint density at radius 1 is 1.00 bits per heavy atom. The van der Waals surface area contributed by atoms with Crippen molar-refractivity contribution in [3.63, 3.8) is 0 Å². The van der Waals surface area contributed by atoms with E-state index in [1.807, 2.05) is 24.3 Å². The molecular weight excluding hydrogens is 409 g/mol. The summed E-state index contributed by atoms with van der Waals surface area (Å²) in [6, 6.07) is 13.5. The van der Waals surface area contributed by atoms with Gasteiger partial charge >= 0.3 is 0 Å². The average Bonchev–Trinajstić information content (AvgIpc) is 3.24. The minimum absolute atomic E-state index is 0.0274. The lowest BCUT2D eigenvalue weighted by atomic mass is 10.0. The molecule has 4 rings (SSSR count). The monoisotopic (exact) mass is 435 g/mol. The summed E-state index contributed by atoms with van der Waals surface area (Å²) in [5.41, 5.74) is 1.84. The van der Waals surface area contributed by atoms with E-state index in [0.29, 0.717) is 32.4 Å². The average molecular weight is 435 g/mol.